The standard InChI is InChI=1S/C17H23N3O2/c18-16(21)13-7-4-10-20(11-13)15(12-5-2-1-3-6-12)17(22)19-14-8-9-14/h1-3,5-6,13-15H,4,7-11H2,(H2,18,21)(H,19,22)/p+1/t13-,15-/m0/s1. The fraction of sp³-hybridized carbons (Fsp3) is 0.529. The van der Waals surface area contributed by atoms with Crippen molar-refractivity contribution in [3.05, 3.63) is 35.9 Å². The van der Waals surface area contributed by atoms with Crippen LogP contribution in [0.15, 0.2) is 30.3 Å². The van der Waals surface area contributed by atoms with Gasteiger partial charge < -0.3 is 16.0 Å². The highest BCUT2D eigenvalue weighted by atomic mass is 16.2. The Labute approximate surface area is 130 Å². The van der Waals surface area contributed by atoms with Crippen LogP contribution in [0.5, 0.6) is 0 Å². The molecule has 3 rings (SSSR count). The molecule has 1 heterocycles. The van der Waals surface area contributed by atoms with Crippen molar-refractivity contribution in [1.82, 2.24) is 5.32 Å². The van der Waals surface area contributed by atoms with E-state index >= 15 is 0 Å². The van der Waals surface area contributed by atoms with E-state index in [-0.39, 0.29) is 23.8 Å². The average Bonchev–Trinajstić information content (AvgIpc) is 3.33. The predicted molar refractivity (Wildman–Crippen MR) is 83.0 cm³/mol. The number of quaternary nitrogens is 1. The lowest BCUT2D eigenvalue weighted by molar-refractivity contribution is -0.929. The highest BCUT2D eigenvalue weighted by Gasteiger charge is 2.38. The summed E-state index contributed by atoms with van der Waals surface area (Å²) in [6.45, 7) is 1.55. The summed E-state index contributed by atoms with van der Waals surface area (Å²) in [4.78, 5) is 25.4. The second kappa shape index (κ2) is 6.48. The van der Waals surface area contributed by atoms with Gasteiger partial charge in [0, 0.05) is 11.6 Å². The number of amides is 2. The van der Waals surface area contributed by atoms with Gasteiger partial charge in [0.15, 0.2) is 6.04 Å². The average molecular weight is 302 g/mol. The second-order valence-corrected chi connectivity index (χ2v) is 6.48. The Morgan fingerprint density at radius 2 is 1.91 bits per heavy atom. The molecule has 2 aliphatic rings. The van der Waals surface area contributed by atoms with Crippen molar-refractivity contribution >= 4 is 11.8 Å². The summed E-state index contributed by atoms with van der Waals surface area (Å²) in [5.74, 6) is -0.288. The molecule has 0 bridgehead atoms. The SMILES string of the molecule is NC(=O)[C@H]1CCC[NH+]([C@H](C(=O)NC2CC2)c2ccccc2)C1. The molecule has 0 spiro atoms. The maximum absolute atomic E-state index is 12.7. The number of primary amides is 1. The van der Waals surface area contributed by atoms with E-state index in [0.717, 1.165) is 42.7 Å². The molecule has 118 valence electrons. The molecule has 1 aliphatic heterocycles. The van der Waals surface area contributed by atoms with Gasteiger partial charge in [-0.25, -0.2) is 0 Å². The van der Waals surface area contributed by atoms with E-state index in [2.05, 4.69) is 5.32 Å². The highest BCUT2D eigenvalue weighted by Crippen LogP contribution is 2.21. The van der Waals surface area contributed by atoms with Gasteiger partial charge in [-0.15, -0.1) is 0 Å². The van der Waals surface area contributed by atoms with E-state index < -0.39 is 0 Å². The molecule has 1 saturated carbocycles. The first-order valence-electron chi connectivity index (χ1n) is 8.14. The van der Waals surface area contributed by atoms with Crippen LogP contribution >= 0.6 is 0 Å². The summed E-state index contributed by atoms with van der Waals surface area (Å²) >= 11 is 0. The third-order valence-corrected chi connectivity index (χ3v) is 4.69. The molecule has 1 saturated heterocycles. The van der Waals surface area contributed by atoms with Gasteiger partial charge in [-0.05, 0) is 25.7 Å². The zero-order chi connectivity index (χ0) is 15.5. The molecule has 5 heteroatoms. The zero-order valence-electron chi connectivity index (χ0n) is 12.8. The summed E-state index contributed by atoms with van der Waals surface area (Å²) < 4.78 is 0. The molecule has 1 aliphatic carbocycles. The van der Waals surface area contributed by atoms with E-state index in [9.17, 15) is 9.59 Å². The number of hydrogen-bond donors (Lipinski definition) is 3. The topological polar surface area (TPSA) is 76.6 Å². The minimum Gasteiger partial charge on any atom is -0.369 e. The van der Waals surface area contributed by atoms with E-state index in [1.807, 2.05) is 30.3 Å². The molecule has 4 N–H and O–H groups in total. The van der Waals surface area contributed by atoms with Gasteiger partial charge in [0.25, 0.3) is 5.91 Å². The molecule has 2 amide bonds. The molecule has 5 nitrogen and oxygen atoms in total. The van der Waals surface area contributed by atoms with E-state index in [0.29, 0.717) is 12.6 Å². The number of carbonyl (C=O) groups is 2. The highest BCUT2D eigenvalue weighted by molar-refractivity contribution is 5.82. The molecule has 3 atom stereocenters. The smallest absolute Gasteiger partial charge is 0.283 e. The number of rotatable bonds is 5. The van der Waals surface area contributed by atoms with Gasteiger partial charge in [-0.1, -0.05) is 30.3 Å². The Kier molecular flexibility index (Phi) is 4.43. The van der Waals surface area contributed by atoms with E-state index in [1.165, 1.54) is 0 Å². The van der Waals surface area contributed by atoms with Crippen molar-refractivity contribution in [3.8, 4) is 0 Å². The first-order valence-corrected chi connectivity index (χ1v) is 8.14. The van der Waals surface area contributed by atoms with Gasteiger partial charge >= 0.3 is 0 Å². The summed E-state index contributed by atoms with van der Waals surface area (Å²) in [7, 11) is 0. The molecule has 22 heavy (non-hydrogen) atoms. The first-order chi connectivity index (χ1) is 10.6. The number of nitrogens with two attached hydrogens (primary N) is 1. The van der Waals surface area contributed by atoms with Crippen LogP contribution in [0, 0.1) is 5.92 Å². The molecule has 0 radical (unpaired) electrons. The van der Waals surface area contributed by atoms with Crippen LogP contribution in [-0.4, -0.2) is 30.9 Å². The monoisotopic (exact) mass is 302 g/mol. The zero-order valence-corrected chi connectivity index (χ0v) is 12.8. The minimum absolute atomic E-state index is 0.0776. The number of piperidine rings is 1. The minimum atomic E-state index is -0.246. The molecule has 1 aromatic carbocycles. The molecule has 1 aromatic rings. The number of carbonyl (C=O) groups excluding carboxylic acids is 2. The van der Waals surface area contributed by atoms with Crippen LogP contribution in [0.4, 0.5) is 0 Å². The largest absolute Gasteiger partial charge is 0.369 e. The van der Waals surface area contributed by atoms with Gasteiger partial charge in [-0.3, -0.25) is 9.59 Å². The third-order valence-electron chi connectivity index (χ3n) is 4.69. The Morgan fingerprint density at radius 1 is 1.18 bits per heavy atom. The van der Waals surface area contributed by atoms with Crippen molar-refractivity contribution < 1.29 is 14.5 Å². The second-order valence-electron chi connectivity index (χ2n) is 6.48. The van der Waals surface area contributed by atoms with Gasteiger partial charge in [0.1, 0.15) is 0 Å². The first kappa shape index (κ1) is 15.0. The number of nitrogens with one attached hydrogen (secondary N) is 2. The van der Waals surface area contributed by atoms with Crippen LogP contribution in [0.3, 0.4) is 0 Å². The van der Waals surface area contributed by atoms with Crippen LogP contribution in [0.1, 0.15) is 37.3 Å². The maximum Gasteiger partial charge on any atom is 0.283 e. The van der Waals surface area contributed by atoms with E-state index in [1.54, 1.807) is 0 Å². The predicted octanol–water partition coefficient (Wildman–Crippen LogP) is -0.213. The normalized spacial score (nSPS) is 26.2. The molecular weight excluding hydrogens is 278 g/mol. The molecular formula is C17H24N3O2+. The summed E-state index contributed by atoms with van der Waals surface area (Å²) in [6.07, 6.45) is 3.92. The summed E-state index contributed by atoms with van der Waals surface area (Å²) in [5.41, 5.74) is 6.50. The number of likely N-dealkylation sites (tertiary alicyclic amines) is 1. The van der Waals surface area contributed by atoms with Crippen molar-refractivity contribution in [3.63, 3.8) is 0 Å². The Morgan fingerprint density at radius 3 is 2.55 bits per heavy atom. The Balaban J connectivity index is 1.80. The number of benzene rings is 1. The summed E-state index contributed by atoms with van der Waals surface area (Å²) in [5, 5.41) is 3.12. The molecule has 0 aromatic heterocycles. The van der Waals surface area contributed by atoms with Crippen molar-refractivity contribution in [2.75, 3.05) is 13.1 Å². The van der Waals surface area contributed by atoms with Crippen LogP contribution in [-0.2, 0) is 9.59 Å². The van der Waals surface area contributed by atoms with Crippen molar-refractivity contribution in [2.24, 2.45) is 11.7 Å². The fourth-order valence-corrected chi connectivity index (χ4v) is 3.33. The lowest BCUT2D eigenvalue weighted by atomic mass is 9.94. The van der Waals surface area contributed by atoms with E-state index in [4.69, 9.17) is 5.73 Å². The Bertz CT molecular complexity index is 542. The number of hydrogen-bond acceptors (Lipinski definition) is 2. The van der Waals surface area contributed by atoms with Crippen LogP contribution in [0.25, 0.3) is 0 Å². The quantitative estimate of drug-likeness (QED) is 0.704. The molecule has 1 unspecified atom stereocenters. The van der Waals surface area contributed by atoms with Crippen molar-refractivity contribution in [2.45, 2.75) is 37.8 Å². The van der Waals surface area contributed by atoms with Gasteiger partial charge in [0.2, 0.25) is 5.91 Å². The third kappa shape index (κ3) is 3.47. The van der Waals surface area contributed by atoms with Crippen LogP contribution < -0.4 is 16.0 Å². The molecule has 2 fully saturated rings. The van der Waals surface area contributed by atoms with Gasteiger partial charge in [-0.2, -0.15) is 0 Å². The van der Waals surface area contributed by atoms with Crippen molar-refractivity contribution in [1.29, 1.82) is 0 Å². The lowest BCUT2D eigenvalue weighted by Crippen LogP contribution is -3.15. The summed E-state index contributed by atoms with van der Waals surface area (Å²) in [6, 6.07) is 9.97. The fourth-order valence-electron chi connectivity index (χ4n) is 3.33. The van der Waals surface area contributed by atoms with Gasteiger partial charge in [0.05, 0.1) is 19.0 Å². The maximum atomic E-state index is 12.7. The van der Waals surface area contributed by atoms with Crippen LogP contribution in [0.2, 0.25) is 0 Å². The Hall–Kier alpha value is -1.88. The lowest BCUT2D eigenvalue weighted by Gasteiger charge is -2.33.